The average molecular weight is 311 g/mol. The molecule has 0 bridgehead atoms. The largest absolute Gasteiger partial charge is 0.322 e. The van der Waals surface area contributed by atoms with Crippen molar-refractivity contribution in [2.75, 3.05) is 12.4 Å². The first-order valence-corrected chi connectivity index (χ1v) is 7.92. The highest BCUT2D eigenvalue weighted by Gasteiger charge is 2.11. The van der Waals surface area contributed by atoms with E-state index in [1.807, 2.05) is 48.7 Å². The lowest BCUT2D eigenvalue weighted by atomic mass is 10.1. The van der Waals surface area contributed by atoms with Crippen LogP contribution in [0.1, 0.15) is 10.7 Å². The first-order chi connectivity index (χ1) is 10.6. The summed E-state index contributed by atoms with van der Waals surface area (Å²) in [6, 6.07) is 13.9. The Labute approximate surface area is 133 Å². The molecule has 0 fully saturated rings. The zero-order valence-corrected chi connectivity index (χ0v) is 13.4. The maximum atomic E-state index is 12.3. The first kappa shape index (κ1) is 14.5. The van der Waals surface area contributed by atoms with Crippen molar-refractivity contribution in [2.24, 2.45) is 0 Å². The Morgan fingerprint density at radius 3 is 2.73 bits per heavy atom. The Morgan fingerprint density at radius 2 is 2.00 bits per heavy atom. The van der Waals surface area contributed by atoms with Crippen molar-refractivity contribution in [1.82, 2.24) is 9.88 Å². The number of nitrogens with one attached hydrogen (secondary N) is 1. The van der Waals surface area contributed by atoms with Crippen LogP contribution in [-0.4, -0.2) is 23.0 Å². The van der Waals surface area contributed by atoms with Crippen LogP contribution in [0.2, 0.25) is 0 Å². The first-order valence-electron chi connectivity index (χ1n) is 7.04. The van der Waals surface area contributed by atoms with Gasteiger partial charge in [-0.3, -0.25) is 0 Å². The number of hydrogen-bond acceptors (Lipinski definition) is 3. The topological polar surface area (TPSA) is 45.2 Å². The summed E-state index contributed by atoms with van der Waals surface area (Å²) in [5.74, 6) is 0. The van der Waals surface area contributed by atoms with Gasteiger partial charge in [0.25, 0.3) is 0 Å². The molecule has 1 N–H and O–H groups in total. The molecule has 0 aliphatic heterocycles. The molecular weight excluding hydrogens is 294 g/mol. The lowest BCUT2D eigenvalue weighted by Gasteiger charge is -2.17. The monoisotopic (exact) mass is 311 g/mol. The number of amides is 2. The van der Waals surface area contributed by atoms with Gasteiger partial charge in [0.2, 0.25) is 0 Å². The second kappa shape index (κ2) is 6.15. The minimum atomic E-state index is -0.138. The smallest absolute Gasteiger partial charge is 0.321 e. The van der Waals surface area contributed by atoms with Gasteiger partial charge in [-0.25, -0.2) is 9.78 Å². The normalized spacial score (nSPS) is 10.6. The van der Waals surface area contributed by atoms with E-state index >= 15 is 0 Å². The summed E-state index contributed by atoms with van der Waals surface area (Å²) in [6.07, 6.45) is 0. The van der Waals surface area contributed by atoms with Gasteiger partial charge in [-0.15, -0.1) is 11.3 Å². The van der Waals surface area contributed by atoms with E-state index in [4.69, 9.17) is 0 Å². The summed E-state index contributed by atoms with van der Waals surface area (Å²) in [5, 5.41) is 8.19. The second-order valence-electron chi connectivity index (χ2n) is 5.21. The molecule has 0 aliphatic carbocycles. The zero-order valence-electron chi connectivity index (χ0n) is 12.5. The standard InChI is InChI=1S/C17H17N3OS/c1-12-18-16(11-22-12)10-20(2)17(21)19-15-8-7-13-5-3-4-6-14(13)9-15/h3-9,11H,10H2,1-2H3,(H,19,21). The van der Waals surface area contributed by atoms with Gasteiger partial charge in [-0.1, -0.05) is 30.3 Å². The van der Waals surface area contributed by atoms with E-state index in [9.17, 15) is 4.79 Å². The fourth-order valence-electron chi connectivity index (χ4n) is 2.28. The number of fused-ring (bicyclic) bond motifs is 1. The van der Waals surface area contributed by atoms with Crippen molar-refractivity contribution >= 4 is 33.8 Å². The van der Waals surface area contributed by atoms with E-state index in [1.54, 1.807) is 23.3 Å². The summed E-state index contributed by atoms with van der Waals surface area (Å²) in [4.78, 5) is 18.3. The van der Waals surface area contributed by atoms with Crippen LogP contribution in [0.3, 0.4) is 0 Å². The fourth-order valence-corrected chi connectivity index (χ4v) is 2.89. The highest BCUT2D eigenvalue weighted by molar-refractivity contribution is 7.09. The van der Waals surface area contributed by atoms with Crippen LogP contribution in [0.5, 0.6) is 0 Å². The number of aromatic nitrogens is 1. The number of hydrogen-bond donors (Lipinski definition) is 1. The van der Waals surface area contributed by atoms with Crippen LogP contribution in [0.15, 0.2) is 47.8 Å². The van der Waals surface area contributed by atoms with Crippen LogP contribution in [0.4, 0.5) is 10.5 Å². The number of carbonyl (C=O) groups is 1. The lowest BCUT2D eigenvalue weighted by molar-refractivity contribution is 0.220. The molecule has 0 radical (unpaired) electrons. The van der Waals surface area contributed by atoms with Crippen molar-refractivity contribution in [3.63, 3.8) is 0 Å². The molecular formula is C17H17N3OS. The number of carbonyl (C=O) groups excluding carboxylic acids is 1. The van der Waals surface area contributed by atoms with Gasteiger partial charge in [0, 0.05) is 18.1 Å². The molecule has 1 aromatic heterocycles. The molecule has 2 amide bonds. The maximum Gasteiger partial charge on any atom is 0.321 e. The molecule has 2 aromatic carbocycles. The van der Waals surface area contributed by atoms with Gasteiger partial charge in [0.15, 0.2) is 0 Å². The maximum absolute atomic E-state index is 12.3. The zero-order chi connectivity index (χ0) is 15.5. The Hall–Kier alpha value is -2.40. The van der Waals surface area contributed by atoms with Gasteiger partial charge in [-0.2, -0.15) is 0 Å². The minimum absolute atomic E-state index is 0.138. The Balaban J connectivity index is 1.69. The molecule has 0 atom stereocenters. The molecule has 0 saturated carbocycles. The van der Waals surface area contributed by atoms with Crippen LogP contribution in [0.25, 0.3) is 10.8 Å². The Morgan fingerprint density at radius 1 is 1.23 bits per heavy atom. The third-order valence-corrected chi connectivity index (χ3v) is 4.24. The molecule has 5 heteroatoms. The molecule has 0 unspecified atom stereocenters. The number of aryl methyl sites for hydroxylation is 1. The third kappa shape index (κ3) is 3.26. The molecule has 112 valence electrons. The summed E-state index contributed by atoms with van der Waals surface area (Å²) in [7, 11) is 1.77. The quantitative estimate of drug-likeness (QED) is 0.785. The molecule has 1 heterocycles. The van der Waals surface area contributed by atoms with Gasteiger partial charge in [0.05, 0.1) is 17.2 Å². The molecule has 22 heavy (non-hydrogen) atoms. The van der Waals surface area contributed by atoms with E-state index < -0.39 is 0 Å². The van der Waals surface area contributed by atoms with Crippen molar-refractivity contribution in [3.05, 3.63) is 58.5 Å². The molecule has 0 spiro atoms. The fraction of sp³-hybridized carbons (Fsp3) is 0.176. The SMILES string of the molecule is Cc1nc(CN(C)C(=O)Nc2ccc3ccccc3c2)cs1. The third-order valence-electron chi connectivity index (χ3n) is 3.41. The summed E-state index contributed by atoms with van der Waals surface area (Å²) < 4.78 is 0. The van der Waals surface area contributed by atoms with Gasteiger partial charge < -0.3 is 10.2 Å². The summed E-state index contributed by atoms with van der Waals surface area (Å²) in [5.41, 5.74) is 1.71. The summed E-state index contributed by atoms with van der Waals surface area (Å²) >= 11 is 1.59. The molecule has 3 rings (SSSR count). The molecule has 3 aromatic rings. The molecule has 0 saturated heterocycles. The van der Waals surface area contributed by atoms with Crippen molar-refractivity contribution in [3.8, 4) is 0 Å². The van der Waals surface area contributed by atoms with Gasteiger partial charge in [-0.05, 0) is 29.8 Å². The minimum Gasteiger partial charge on any atom is -0.322 e. The van der Waals surface area contributed by atoms with Crippen LogP contribution < -0.4 is 5.32 Å². The number of benzene rings is 2. The molecule has 0 aliphatic rings. The van der Waals surface area contributed by atoms with Gasteiger partial charge in [0.1, 0.15) is 0 Å². The Bertz CT molecular complexity index is 812. The van der Waals surface area contributed by atoms with E-state index in [-0.39, 0.29) is 6.03 Å². The van der Waals surface area contributed by atoms with Crippen molar-refractivity contribution < 1.29 is 4.79 Å². The van der Waals surface area contributed by atoms with E-state index in [2.05, 4.69) is 16.4 Å². The van der Waals surface area contributed by atoms with E-state index in [0.29, 0.717) is 6.54 Å². The number of anilines is 1. The van der Waals surface area contributed by atoms with Crippen molar-refractivity contribution in [2.45, 2.75) is 13.5 Å². The average Bonchev–Trinajstić information content (AvgIpc) is 2.92. The van der Waals surface area contributed by atoms with Crippen LogP contribution in [-0.2, 0) is 6.54 Å². The van der Waals surface area contributed by atoms with E-state index in [0.717, 1.165) is 27.2 Å². The van der Waals surface area contributed by atoms with E-state index in [1.165, 1.54) is 0 Å². The van der Waals surface area contributed by atoms with Gasteiger partial charge >= 0.3 is 6.03 Å². The Kier molecular flexibility index (Phi) is 4.06. The number of thiazole rings is 1. The highest BCUT2D eigenvalue weighted by atomic mass is 32.1. The summed E-state index contributed by atoms with van der Waals surface area (Å²) in [6.45, 7) is 2.47. The number of urea groups is 1. The number of nitrogens with zero attached hydrogens (tertiary/aromatic N) is 2. The highest BCUT2D eigenvalue weighted by Crippen LogP contribution is 2.19. The predicted octanol–water partition coefficient (Wildman–Crippen LogP) is 4.27. The predicted molar refractivity (Wildman–Crippen MR) is 91.3 cm³/mol. The van der Waals surface area contributed by atoms with Crippen molar-refractivity contribution in [1.29, 1.82) is 0 Å². The lowest BCUT2D eigenvalue weighted by Crippen LogP contribution is -2.30. The number of rotatable bonds is 3. The second-order valence-corrected chi connectivity index (χ2v) is 6.27. The van der Waals surface area contributed by atoms with Crippen LogP contribution >= 0.6 is 11.3 Å². The molecule has 4 nitrogen and oxygen atoms in total. The van der Waals surface area contributed by atoms with Crippen LogP contribution in [0, 0.1) is 6.92 Å².